The molecule has 0 radical (unpaired) electrons. The molecule has 32 heavy (non-hydrogen) atoms. The SMILES string of the molecule is CCNC(=NCc1cc2c(cc1OCC)CC(C)O2)NCCc1nnc2n1CCCCC2. The van der Waals surface area contributed by atoms with Gasteiger partial charge in [-0.15, -0.1) is 10.2 Å². The Bertz CT molecular complexity index is 939. The number of fused-ring (bicyclic) bond motifs is 2. The summed E-state index contributed by atoms with van der Waals surface area (Å²) in [5, 5.41) is 15.6. The minimum absolute atomic E-state index is 0.212. The number of benzene rings is 1. The second-order valence-electron chi connectivity index (χ2n) is 8.50. The molecule has 2 aromatic rings. The Morgan fingerprint density at radius 1 is 1.22 bits per heavy atom. The third-order valence-corrected chi connectivity index (χ3v) is 5.96. The molecule has 4 rings (SSSR count). The molecule has 3 heterocycles. The second kappa shape index (κ2) is 10.7. The van der Waals surface area contributed by atoms with Crippen LogP contribution in [0.1, 0.15) is 62.8 Å². The molecular formula is C24H36N6O2. The quantitative estimate of drug-likeness (QED) is 0.485. The zero-order chi connectivity index (χ0) is 22.3. The maximum absolute atomic E-state index is 5.94. The predicted octanol–water partition coefficient (Wildman–Crippen LogP) is 3.02. The Labute approximate surface area is 190 Å². The summed E-state index contributed by atoms with van der Waals surface area (Å²) in [5.41, 5.74) is 2.26. The van der Waals surface area contributed by atoms with Gasteiger partial charge in [-0.25, -0.2) is 4.99 Å². The molecular weight excluding hydrogens is 404 g/mol. The fraction of sp³-hybridized carbons (Fsp3) is 0.625. The van der Waals surface area contributed by atoms with Crippen LogP contribution >= 0.6 is 0 Å². The number of aliphatic imine (C=N–C) groups is 1. The van der Waals surface area contributed by atoms with Gasteiger partial charge < -0.3 is 24.7 Å². The summed E-state index contributed by atoms with van der Waals surface area (Å²) in [7, 11) is 0. The molecule has 174 valence electrons. The van der Waals surface area contributed by atoms with E-state index in [1.807, 2.05) is 6.92 Å². The van der Waals surface area contributed by atoms with Crippen LogP contribution in [0.4, 0.5) is 0 Å². The van der Waals surface area contributed by atoms with Crippen LogP contribution in [-0.2, 0) is 32.4 Å². The van der Waals surface area contributed by atoms with E-state index in [0.29, 0.717) is 13.2 Å². The van der Waals surface area contributed by atoms with Gasteiger partial charge in [-0.05, 0) is 45.7 Å². The molecule has 2 aliphatic rings. The van der Waals surface area contributed by atoms with E-state index in [4.69, 9.17) is 14.5 Å². The van der Waals surface area contributed by atoms with E-state index < -0.39 is 0 Å². The summed E-state index contributed by atoms with van der Waals surface area (Å²) in [4.78, 5) is 4.81. The number of nitrogens with one attached hydrogen (secondary N) is 2. The van der Waals surface area contributed by atoms with Gasteiger partial charge in [-0.2, -0.15) is 0 Å². The molecule has 0 saturated heterocycles. The monoisotopic (exact) mass is 440 g/mol. The minimum atomic E-state index is 0.212. The van der Waals surface area contributed by atoms with Crippen LogP contribution in [0.3, 0.4) is 0 Å². The molecule has 2 aliphatic heterocycles. The van der Waals surface area contributed by atoms with Gasteiger partial charge in [0.25, 0.3) is 0 Å². The summed E-state index contributed by atoms with van der Waals surface area (Å²) >= 11 is 0. The van der Waals surface area contributed by atoms with E-state index in [9.17, 15) is 0 Å². The highest BCUT2D eigenvalue weighted by Gasteiger charge is 2.22. The molecule has 0 bridgehead atoms. The van der Waals surface area contributed by atoms with Crippen molar-refractivity contribution >= 4 is 5.96 Å². The van der Waals surface area contributed by atoms with E-state index in [0.717, 1.165) is 73.6 Å². The molecule has 1 atom stereocenters. The first-order chi connectivity index (χ1) is 15.7. The largest absolute Gasteiger partial charge is 0.494 e. The molecule has 1 aromatic heterocycles. The average molecular weight is 441 g/mol. The Balaban J connectivity index is 1.40. The number of hydrogen-bond donors (Lipinski definition) is 2. The Morgan fingerprint density at radius 2 is 2.12 bits per heavy atom. The topological polar surface area (TPSA) is 85.6 Å². The molecule has 8 heteroatoms. The number of aromatic nitrogens is 3. The van der Waals surface area contributed by atoms with Gasteiger partial charge in [-0.3, -0.25) is 0 Å². The molecule has 1 unspecified atom stereocenters. The number of aryl methyl sites for hydroxylation is 1. The Kier molecular flexibility index (Phi) is 7.50. The lowest BCUT2D eigenvalue weighted by molar-refractivity contribution is 0.254. The van der Waals surface area contributed by atoms with Crippen molar-refractivity contribution in [3.8, 4) is 11.5 Å². The van der Waals surface area contributed by atoms with E-state index in [-0.39, 0.29) is 6.10 Å². The maximum Gasteiger partial charge on any atom is 0.191 e. The third kappa shape index (κ3) is 5.34. The van der Waals surface area contributed by atoms with Gasteiger partial charge in [0.2, 0.25) is 0 Å². The molecule has 0 amide bonds. The molecule has 1 aromatic carbocycles. The minimum Gasteiger partial charge on any atom is -0.494 e. The molecule has 0 aliphatic carbocycles. The molecule has 0 spiro atoms. The maximum atomic E-state index is 5.94. The van der Waals surface area contributed by atoms with Crippen molar-refractivity contribution in [2.45, 2.75) is 78.5 Å². The molecule has 8 nitrogen and oxygen atoms in total. The van der Waals surface area contributed by atoms with Crippen LogP contribution in [-0.4, -0.2) is 46.5 Å². The van der Waals surface area contributed by atoms with Crippen molar-refractivity contribution in [1.29, 1.82) is 0 Å². The van der Waals surface area contributed by atoms with E-state index in [1.165, 1.54) is 24.8 Å². The Hall–Kier alpha value is -2.77. The lowest BCUT2D eigenvalue weighted by Crippen LogP contribution is -2.38. The predicted molar refractivity (Wildman–Crippen MR) is 126 cm³/mol. The summed E-state index contributed by atoms with van der Waals surface area (Å²) in [6, 6.07) is 4.20. The van der Waals surface area contributed by atoms with Crippen molar-refractivity contribution in [3.05, 3.63) is 34.9 Å². The molecule has 0 saturated carbocycles. The Morgan fingerprint density at radius 3 is 2.97 bits per heavy atom. The summed E-state index contributed by atoms with van der Waals surface area (Å²) in [5.74, 6) is 4.84. The lowest BCUT2D eigenvalue weighted by atomic mass is 10.1. The van der Waals surface area contributed by atoms with Crippen LogP contribution in [0, 0.1) is 0 Å². The van der Waals surface area contributed by atoms with E-state index in [1.54, 1.807) is 0 Å². The second-order valence-corrected chi connectivity index (χ2v) is 8.50. The smallest absolute Gasteiger partial charge is 0.191 e. The highest BCUT2D eigenvalue weighted by atomic mass is 16.5. The zero-order valence-corrected chi connectivity index (χ0v) is 19.6. The number of ether oxygens (including phenoxy) is 2. The first-order valence-electron chi connectivity index (χ1n) is 12.1. The van der Waals surface area contributed by atoms with Crippen LogP contribution in [0.5, 0.6) is 11.5 Å². The molecule has 0 fully saturated rings. The van der Waals surface area contributed by atoms with Gasteiger partial charge in [0, 0.05) is 50.0 Å². The van der Waals surface area contributed by atoms with Crippen molar-refractivity contribution in [1.82, 2.24) is 25.4 Å². The van der Waals surface area contributed by atoms with Gasteiger partial charge in [0.1, 0.15) is 29.3 Å². The number of hydrogen-bond acceptors (Lipinski definition) is 5. The highest BCUT2D eigenvalue weighted by molar-refractivity contribution is 5.79. The third-order valence-electron chi connectivity index (χ3n) is 5.96. The fourth-order valence-electron chi connectivity index (χ4n) is 4.42. The number of nitrogens with zero attached hydrogens (tertiary/aromatic N) is 4. The standard InChI is InChI=1S/C24H36N6O2/c1-4-25-24(26-11-10-23-29-28-22-9-7-6-8-12-30(22)23)27-16-19-15-21-18(13-17(3)32-21)14-20(19)31-5-2/h14-15,17H,4-13,16H2,1-3H3,(H2,25,26,27). The van der Waals surface area contributed by atoms with Crippen LogP contribution in [0.15, 0.2) is 17.1 Å². The summed E-state index contributed by atoms with van der Waals surface area (Å²) in [6.45, 7) is 9.93. The first-order valence-corrected chi connectivity index (χ1v) is 12.1. The van der Waals surface area contributed by atoms with Crippen molar-refractivity contribution in [3.63, 3.8) is 0 Å². The normalized spacial score (nSPS) is 17.8. The summed E-state index contributed by atoms with van der Waals surface area (Å²) < 4.78 is 14.1. The first kappa shape index (κ1) is 22.4. The average Bonchev–Trinajstić information content (AvgIpc) is 3.24. The van der Waals surface area contributed by atoms with Gasteiger partial charge in [0.05, 0.1) is 13.2 Å². The fourth-order valence-corrected chi connectivity index (χ4v) is 4.42. The lowest BCUT2D eigenvalue weighted by Gasteiger charge is -2.14. The van der Waals surface area contributed by atoms with Gasteiger partial charge in [0.15, 0.2) is 5.96 Å². The van der Waals surface area contributed by atoms with Crippen molar-refractivity contribution in [2.24, 2.45) is 4.99 Å². The van der Waals surface area contributed by atoms with Crippen molar-refractivity contribution < 1.29 is 9.47 Å². The number of rotatable bonds is 8. The summed E-state index contributed by atoms with van der Waals surface area (Å²) in [6.07, 6.45) is 6.70. The van der Waals surface area contributed by atoms with Crippen LogP contribution < -0.4 is 20.1 Å². The highest BCUT2D eigenvalue weighted by Crippen LogP contribution is 2.35. The number of guanidine groups is 1. The molecule has 2 N–H and O–H groups in total. The van der Waals surface area contributed by atoms with Gasteiger partial charge >= 0.3 is 0 Å². The van der Waals surface area contributed by atoms with Crippen LogP contribution in [0.2, 0.25) is 0 Å². The zero-order valence-electron chi connectivity index (χ0n) is 19.6. The van der Waals surface area contributed by atoms with Gasteiger partial charge in [-0.1, -0.05) is 6.42 Å². The van der Waals surface area contributed by atoms with E-state index in [2.05, 4.69) is 51.4 Å². The van der Waals surface area contributed by atoms with Crippen molar-refractivity contribution in [2.75, 3.05) is 19.7 Å². The van der Waals surface area contributed by atoms with E-state index >= 15 is 0 Å². The van der Waals surface area contributed by atoms with Crippen LogP contribution in [0.25, 0.3) is 0 Å².